The van der Waals surface area contributed by atoms with Crippen molar-refractivity contribution in [2.24, 2.45) is 0 Å². The van der Waals surface area contributed by atoms with Crippen LogP contribution in [0.1, 0.15) is 33.9 Å². The molecule has 0 spiro atoms. The van der Waals surface area contributed by atoms with Gasteiger partial charge in [0, 0.05) is 11.6 Å². The van der Waals surface area contributed by atoms with Crippen molar-refractivity contribution in [1.82, 2.24) is 14.6 Å². The highest BCUT2D eigenvalue weighted by Crippen LogP contribution is 2.49. The molecule has 12 nitrogen and oxygen atoms in total. The predicted octanol–water partition coefficient (Wildman–Crippen LogP) is 3.75. The van der Waals surface area contributed by atoms with E-state index in [1.54, 1.807) is 38.1 Å². The summed E-state index contributed by atoms with van der Waals surface area (Å²) in [6.45, 7) is 5.08. The zero-order chi connectivity index (χ0) is 30.1. The van der Waals surface area contributed by atoms with Crippen LogP contribution in [-0.2, 0) is 23.4 Å². The average Bonchev–Trinajstić information content (AvgIpc) is 3.13. The molecule has 41 heavy (non-hydrogen) atoms. The maximum Gasteiger partial charge on any atom is 0.459 e. The fraction of sp³-hybridized carbons (Fsp3) is 0.423. The fourth-order valence-electron chi connectivity index (χ4n) is 4.27. The Morgan fingerprint density at radius 3 is 2.68 bits per heavy atom. The Hall–Kier alpha value is -3.06. The van der Waals surface area contributed by atoms with E-state index in [2.05, 4.69) is 10.1 Å². The standard InChI is InChI=1S/C26H31ClFN4O8P/c1-14(2)38-23(34)15(3)31-41(36,40-19-11-7-9-16-8-5-6-10-17(16)19)37-13-20-21(33)26(4,28)24(39-20)32-12-18(27)22(29)30-25(32)35/h5-12,14-15,20-21,24,33H,13H2,1-4H3,(H,31,36)(H2,29,30,35)/t15-,20-,21-,24?,26-,41?/m1/s1. The molecule has 1 aromatic heterocycles. The molecule has 1 aliphatic heterocycles. The Labute approximate surface area is 240 Å². The molecule has 1 saturated heterocycles. The van der Waals surface area contributed by atoms with E-state index < -0.39 is 62.3 Å². The zero-order valence-corrected chi connectivity index (χ0v) is 24.3. The first-order chi connectivity index (χ1) is 19.2. The molecule has 15 heteroatoms. The third-order valence-electron chi connectivity index (χ3n) is 6.34. The summed E-state index contributed by atoms with van der Waals surface area (Å²) in [6, 6.07) is 11.1. The van der Waals surface area contributed by atoms with Crippen LogP contribution in [0.3, 0.4) is 0 Å². The van der Waals surface area contributed by atoms with Crippen molar-refractivity contribution < 1.29 is 37.4 Å². The highest BCUT2D eigenvalue weighted by molar-refractivity contribution is 7.52. The number of nitrogens with zero attached hydrogens (tertiary/aromatic N) is 2. The number of nitrogens with one attached hydrogen (secondary N) is 1. The van der Waals surface area contributed by atoms with Gasteiger partial charge in [0.25, 0.3) is 0 Å². The van der Waals surface area contributed by atoms with Gasteiger partial charge in [-0.05, 0) is 39.1 Å². The van der Waals surface area contributed by atoms with E-state index >= 15 is 4.39 Å². The van der Waals surface area contributed by atoms with Crippen molar-refractivity contribution in [2.75, 3.05) is 12.3 Å². The van der Waals surface area contributed by atoms with Crippen molar-refractivity contribution in [2.45, 2.75) is 63.9 Å². The summed E-state index contributed by atoms with van der Waals surface area (Å²) >= 11 is 5.96. The van der Waals surface area contributed by atoms with Gasteiger partial charge in [-0.15, -0.1) is 0 Å². The van der Waals surface area contributed by atoms with E-state index in [0.29, 0.717) is 5.39 Å². The van der Waals surface area contributed by atoms with Crippen molar-refractivity contribution in [3.8, 4) is 5.75 Å². The van der Waals surface area contributed by atoms with E-state index in [1.165, 1.54) is 6.92 Å². The van der Waals surface area contributed by atoms with E-state index in [1.807, 2.05) is 18.2 Å². The van der Waals surface area contributed by atoms with Crippen LogP contribution < -0.4 is 21.0 Å². The molecule has 0 amide bonds. The second-order valence-corrected chi connectivity index (χ2v) is 12.1. The van der Waals surface area contributed by atoms with E-state index in [4.69, 9.17) is 35.9 Å². The van der Waals surface area contributed by atoms with Crippen LogP contribution in [0.25, 0.3) is 10.8 Å². The summed E-state index contributed by atoms with van der Waals surface area (Å²) in [7, 11) is -4.42. The number of nitrogen functional groups attached to an aromatic ring is 1. The van der Waals surface area contributed by atoms with Gasteiger partial charge in [0.15, 0.2) is 11.9 Å². The lowest BCUT2D eigenvalue weighted by molar-refractivity contribution is -0.149. The Morgan fingerprint density at radius 2 is 1.98 bits per heavy atom. The van der Waals surface area contributed by atoms with Crippen molar-refractivity contribution >= 4 is 41.9 Å². The number of nitrogens with two attached hydrogens (primary N) is 1. The number of aromatic nitrogens is 2. The van der Waals surface area contributed by atoms with Crippen LogP contribution in [0.4, 0.5) is 10.2 Å². The van der Waals surface area contributed by atoms with Crippen LogP contribution in [0, 0.1) is 0 Å². The zero-order valence-electron chi connectivity index (χ0n) is 22.7. The quantitative estimate of drug-likeness (QED) is 0.226. The molecule has 2 aromatic carbocycles. The molecule has 0 radical (unpaired) electrons. The third kappa shape index (κ3) is 6.72. The van der Waals surface area contributed by atoms with Gasteiger partial charge in [-0.2, -0.15) is 10.1 Å². The predicted molar refractivity (Wildman–Crippen MR) is 149 cm³/mol. The van der Waals surface area contributed by atoms with Crippen LogP contribution in [0.15, 0.2) is 53.5 Å². The first kappa shape index (κ1) is 30.9. The van der Waals surface area contributed by atoms with Crippen molar-refractivity contribution in [3.63, 3.8) is 0 Å². The van der Waals surface area contributed by atoms with Crippen molar-refractivity contribution in [3.05, 3.63) is 64.2 Å². The van der Waals surface area contributed by atoms with Crippen LogP contribution >= 0.6 is 19.3 Å². The molecule has 0 saturated carbocycles. The molecular weight excluding hydrogens is 582 g/mol. The first-order valence-corrected chi connectivity index (χ1v) is 14.6. The second kappa shape index (κ2) is 12.0. The molecular formula is C26H31ClFN4O8P. The van der Waals surface area contributed by atoms with Gasteiger partial charge in [0.05, 0.1) is 17.7 Å². The molecule has 3 aromatic rings. The van der Waals surface area contributed by atoms with Crippen LogP contribution in [0.2, 0.25) is 5.02 Å². The number of aliphatic hydroxyl groups excluding tert-OH is 1. The fourth-order valence-corrected chi connectivity index (χ4v) is 5.94. The summed E-state index contributed by atoms with van der Waals surface area (Å²) in [5.74, 6) is -0.792. The molecule has 2 heterocycles. The minimum Gasteiger partial charge on any atom is -0.462 e. The lowest BCUT2D eigenvalue weighted by atomic mass is 9.98. The summed E-state index contributed by atoms with van der Waals surface area (Å²) in [5, 5.41) is 14.6. The van der Waals surface area contributed by atoms with Gasteiger partial charge in [-0.25, -0.2) is 13.8 Å². The number of aliphatic hydroxyl groups is 1. The van der Waals surface area contributed by atoms with E-state index in [9.17, 15) is 19.3 Å². The van der Waals surface area contributed by atoms with Crippen LogP contribution in [0.5, 0.6) is 5.75 Å². The highest BCUT2D eigenvalue weighted by Gasteiger charge is 2.56. The number of hydrogen-bond acceptors (Lipinski definition) is 10. The van der Waals surface area contributed by atoms with Gasteiger partial charge in [-0.3, -0.25) is 13.9 Å². The minimum atomic E-state index is -4.42. The smallest absolute Gasteiger partial charge is 0.459 e. The lowest BCUT2D eigenvalue weighted by Gasteiger charge is -2.26. The molecule has 4 N–H and O–H groups in total. The van der Waals surface area contributed by atoms with Gasteiger partial charge in [0.2, 0.25) is 0 Å². The number of hydrogen-bond donors (Lipinski definition) is 3. The summed E-state index contributed by atoms with van der Waals surface area (Å²) < 4.78 is 52.8. The van der Waals surface area contributed by atoms with Gasteiger partial charge in [0.1, 0.15) is 29.8 Å². The Kier molecular flexibility index (Phi) is 9.07. The molecule has 0 bridgehead atoms. The molecule has 1 aliphatic rings. The summed E-state index contributed by atoms with van der Waals surface area (Å²) in [5.41, 5.74) is 2.06. The largest absolute Gasteiger partial charge is 0.462 e. The lowest BCUT2D eigenvalue weighted by Crippen LogP contribution is -2.43. The number of benzene rings is 2. The highest BCUT2D eigenvalue weighted by atomic mass is 35.5. The molecule has 2 unspecified atom stereocenters. The Bertz CT molecular complexity index is 1530. The molecule has 6 atom stereocenters. The number of alkyl halides is 1. The number of carbonyl (C=O) groups is 1. The number of anilines is 1. The number of rotatable bonds is 10. The maximum absolute atomic E-state index is 15.7. The molecule has 4 rings (SSSR count). The second-order valence-electron chi connectivity index (χ2n) is 9.99. The summed E-state index contributed by atoms with van der Waals surface area (Å²) in [4.78, 5) is 28.4. The topological polar surface area (TPSA) is 164 Å². The Morgan fingerprint density at radius 1 is 1.29 bits per heavy atom. The number of esters is 1. The molecule has 1 fully saturated rings. The van der Waals surface area contributed by atoms with Gasteiger partial charge < -0.3 is 24.8 Å². The summed E-state index contributed by atoms with van der Waals surface area (Å²) in [6.07, 6.45) is -4.34. The van der Waals surface area contributed by atoms with Crippen molar-refractivity contribution in [1.29, 1.82) is 0 Å². The minimum absolute atomic E-state index is 0.127. The average molecular weight is 613 g/mol. The number of halogens is 2. The third-order valence-corrected chi connectivity index (χ3v) is 8.26. The number of carbonyl (C=O) groups excluding carboxylic acids is 1. The monoisotopic (exact) mass is 612 g/mol. The first-order valence-electron chi connectivity index (χ1n) is 12.7. The number of ether oxygens (including phenoxy) is 2. The molecule has 0 aliphatic carbocycles. The van der Waals surface area contributed by atoms with Gasteiger partial charge >= 0.3 is 19.4 Å². The molecule has 222 valence electrons. The number of fused-ring (bicyclic) bond motifs is 1. The SMILES string of the molecule is CC(C)OC(=O)[C@@H](C)NP(=O)(OC[C@H]1OC(n2cc(Cl)c(N)nc2=O)[C@](C)(F)[C@@H]1O)Oc1cccc2ccccc12. The Balaban J connectivity index is 1.60. The van der Waals surface area contributed by atoms with E-state index in [0.717, 1.165) is 23.1 Å². The van der Waals surface area contributed by atoms with E-state index in [-0.39, 0.29) is 16.6 Å². The van der Waals surface area contributed by atoms with Crippen LogP contribution in [-0.4, -0.2) is 57.3 Å². The normalized spacial score (nSPS) is 24.7. The maximum atomic E-state index is 15.7. The van der Waals surface area contributed by atoms with Gasteiger partial charge in [-0.1, -0.05) is 48.0 Å².